The molecule has 3 rings (SSSR count). The number of hydrogen-bond acceptors (Lipinski definition) is 5. The van der Waals surface area contributed by atoms with E-state index in [1.165, 1.54) is 0 Å². The summed E-state index contributed by atoms with van der Waals surface area (Å²) in [6, 6.07) is 11.0. The number of rotatable bonds is 5. The number of nitrogens with one attached hydrogen (secondary N) is 2. The van der Waals surface area contributed by atoms with Gasteiger partial charge in [-0.2, -0.15) is 0 Å². The van der Waals surface area contributed by atoms with Gasteiger partial charge in [0.2, 0.25) is 5.95 Å². The smallest absolute Gasteiger partial charge is 0.274 e. The third-order valence-corrected chi connectivity index (χ3v) is 3.74. The molecule has 3 aromatic rings. The molecule has 2 N–H and O–H groups in total. The van der Waals surface area contributed by atoms with Gasteiger partial charge in [-0.05, 0) is 49.2 Å². The summed E-state index contributed by atoms with van der Waals surface area (Å²) < 4.78 is 5.24. The van der Waals surface area contributed by atoms with E-state index in [0.29, 0.717) is 18.2 Å². The Balaban J connectivity index is 1.71. The lowest BCUT2D eigenvalue weighted by atomic mass is 10.1. The summed E-state index contributed by atoms with van der Waals surface area (Å²) in [5, 5.41) is 5.92. The zero-order valence-corrected chi connectivity index (χ0v) is 13.5. The molecule has 0 aliphatic rings. The quantitative estimate of drug-likeness (QED) is 0.751. The predicted octanol–water partition coefficient (Wildman–Crippen LogP) is 3.55. The van der Waals surface area contributed by atoms with Gasteiger partial charge >= 0.3 is 0 Å². The lowest BCUT2D eigenvalue weighted by Crippen LogP contribution is -2.16. The third kappa shape index (κ3) is 3.60. The van der Waals surface area contributed by atoms with E-state index < -0.39 is 0 Å². The minimum Gasteiger partial charge on any atom is -0.467 e. The van der Waals surface area contributed by atoms with Crippen molar-refractivity contribution >= 4 is 17.5 Å². The van der Waals surface area contributed by atoms with Gasteiger partial charge in [-0.25, -0.2) is 9.97 Å². The van der Waals surface area contributed by atoms with E-state index in [4.69, 9.17) is 4.42 Å². The van der Waals surface area contributed by atoms with E-state index in [1.807, 2.05) is 44.2 Å². The average Bonchev–Trinajstić information content (AvgIpc) is 3.11. The van der Waals surface area contributed by atoms with Crippen LogP contribution in [0.3, 0.4) is 0 Å². The van der Waals surface area contributed by atoms with Gasteiger partial charge in [0.05, 0.1) is 12.8 Å². The molecule has 0 unspecified atom stereocenters. The molecule has 0 aliphatic carbocycles. The molecule has 0 fully saturated rings. The van der Waals surface area contributed by atoms with Gasteiger partial charge in [0, 0.05) is 11.9 Å². The normalized spacial score (nSPS) is 10.4. The highest BCUT2D eigenvalue weighted by Gasteiger charge is 2.11. The molecule has 0 radical (unpaired) electrons. The van der Waals surface area contributed by atoms with Crippen molar-refractivity contribution in [2.45, 2.75) is 20.4 Å². The van der Waals surface area contributed by atoms with E-state index >= 15 is 0 Å². The number of amides is 1. The highest BCUT2D eigenvalue weighted by Crippen LogP contribution is 2.18. The summed E-state index contributed by atoms with van der Waals surface area (Å²) in [5.41, 5.74) is 3.24. The van der Waals surface area contributed by atoms with Crippen LogP contribution in [0.25, 0.3) is 0 Å². The Bertz CT molecular complexity index is 844. The molecule has 0 bridgehead atoms. The fourth-order valence-electron chi connectivity index (χ4n) is 2.22. The van der Waals surface area contributed by atoms with Crippen molar-refractivity contribution in [3.8, 4) is 0 Å². The first-order valence-electron chi connectivity index (χ1n) is 7.60. The standard InChI is InChI=1S/C18H18N4O2/c1-12-5-3-7-15(13(12)2)21-17(23)16-8-9-19-18(22-16)20-11-14-6-4-10-24-14/h3-10H,11H2,1-2H3,(H,21,23)(H,19,20,22). The topological polar surface area (TPSA) is 80.0 Å². The minimum absolute atomic E-state index is 0.271. The van der Waals surface area contributed by atoms with Crippen LogP contribution in [-0.2, 0) is 6.54 Å². The maximum atomic E-state index is 12.4. The van der Waals surface area contributed by atoms with E-state index in [-0.39, 0.29) is 5.91 Å². The number of anilines is 2. The van der Waals surface area contributed by atoms with Crippen molar-refractivity contribution in [2.24, 2.45) is 0 Å². The zero-order valence-electron chi connectivity index (χ0n) is 13.5. The summed E-state index contributed by atoms with van der Waals surface area (Å²) in [5.74, 6) is 0.871. The molecule has 6 nitrogen and oxygen atoms in total. The Labute approximate surface area is 140 Å². The second-order valence-corrected chi connectivity index (χ2v) is 5.40. The van der Waals surface area contributed by atoms with Gasteiger partial charge in [0.25, 0.3) is 5.91 Å². The SMILES string of the molecule is Cc1cccc(NC(=O)c2ccnc(NCc3ccco3)n2)c1C. The molecular formula is C18H18N4O2. The summed E-state index contributed by atoms with van der Waals surface area (Å²) >= 11 is 0. The molecule has 2 aromatic heterocycles. The average molecular weight is 322 g/mol. The number of carbonyl (C=O) groups is 1. The van der Waals surface area contributed by atoms with Crippen LogP contribution in [-0.4, -0.2) is 15.9 Å². The van der Waals surface area contributed by atoms with E-state index in [9.17, 15) is 4.79 Å². The third-order valence-electron chi connectivity index (χ3n) is 3.74. The first-order valence-corrected chi connectivity index (χ1v) is 7.60. The largest absolute Gasteiger partial charge is 0.467 e. The number of aromatic nitrogens is 2. The van der Waals surface area contributed by atoms with Gasteiger partial charge in [-0.1, -0.05) is 12.1 Å². The molecule has 122 valence electrons. The van der Waals surface area contributed by atoms with E-state index in [2.05, 4.69) is 20.6 Å². The maximum Gasteiger partial charge on any atom is 0.274 e. The van der Waals surface area contributed by atoms with Crippen LogP contribution in [0, 0.1) is 13.8 Å². The van der Waals surface area contributed by atoms with E-state index in [1.54, 1.807) is 18.5 Å². The molecular weight excluding hydrogens is 304 g/mol. The second kappa shape index (κ2) is 6.95. The van der Waals surface area contributed by atoms with Gasteiger partial charge in [0.1, 0.15) is 11.5 Å². The fourth-order valence-corrected chi connectivity index (χ4v) is 2.22. The van der Waals surface area contributed by atoms with Crippen LogP contribution in [0.5, 0.6) is 0 Å². The summed E-state index contributed by atoms with van der Waals surface area (Å²) in [6.45, 7) is 4.43. The Kier molecular flexibility index (Phi) is 4.56. The highest BCUT2D eigenvalue weighted by atomic mass is 16.3. The predicted molar refractivity (Wildman–Crippen MR) is 91.9 cm³/mol. The Morgan fingerprint density at radius 3 is 2.83 bits per heavy atom. The lowest BCUT2D eigenvalue weighted by Gasteiger charge is -2.10. The Hall–Kier alpha value is -3.15. The van der Waals surface area contributed by atoms with Crippen molar-refractivity contribution in [2.75, 3.05) is 10.6 Å². The minimum atomic E-state index is -0.271. The number of hydrogen-bond donors (Lipinski definition) is 2. The van der Waals surface area contributed by atoms with Crippen molar-refractivity contribution in [3.63, 3.8) is 0 Å². The molecule has 6 heteroatoms. The molecule has 1 aromatic carbocycles. The number of aryl methyl sites for hydroxylation is 1. The summed E-state index contributed by atoms with van der Waals surface area (Å²) in [7, 11) is 0. The van der Waals surface area contributed by atoms with E-state index in [0.717, 1.165) is 22.6 Å². The van der Waals surface area contributed by atoms with Crippen LogP contribution in [0.2, 0.25) is 0 Å². The second-order valence-electron chi connectivity index (χ2n) is 5.40. The molecule has 1 amide bonds. The lowest BCUT2D eigenvalue weighted by molar-refractivity contribution is 0.102. The van der Waals surface area contributed by atoms with Gasteiger partial charge in [0.15, 0.2) is 0 Å². The number of nitrogens with zero attached hydrogens (tertiary/aromatic N) is 2. The van der Waals surface area contributed by atoms with Crippen molar-refractivity contribution in [1.82, 2.24) is 9.97 Å². The maximum absolute atomic E-state index is 12.4. The monoisotopic (exact) mass is 322 g/mol. The van der Waals surface area contributed by atoms with Crippen LogP contribution < -0.4 is 10.6 Å². The summed E-state index contributed by atoms with van der Waals surface area (Å²) in [6.07, 6.45) is 3.15. The summed E-state index contributed by atoms with van der Waals surface area (Å²) in [4.78, 5) is 20.8. The Morgan fingerprint density at radius 1 is 1.17 bits per heavy atom. The first-order chi connectivity index (χ1) is 11.6. The van der Waals surface area contributed by atoms with Crippen LogP contribution >= 0.6 is 0 Å². The molecule has 0 saturated heterocycles. The molecule has 2 heterocycles. The van der Waals surface area contributed by atoms with Gasteiger partial charge < -0.3 is 15.1 Å². The number of benzene rings is 1. The molecule has 0 aliphatic heterocycles. The zero-order chi connectivity index (χ0) is 16.9. The molecule has 0 saturated carbocycles. The van der Waals surface area contributed by atoms with Crippen molar-refractivity contribution in [3.05, 3.63) is 71.4 Å². The fraction of sp³-hybridized carbons (Fsp3) is 0.167. The van der Waals surface area contributed by atoms with Crippen molar-refractivity contribution in [1.29, 1.82) is 0 Å². The molecule has 0 atom stereocenters. The van der Waals surface area contributed by atoms with Crippen molar-refractivity contribution < 1.29 is 9.21 Å². The number of carbonyl (C=O) groups excluding carboxylic acids is 1. The van der Waals surface area contributed by atoms with Crippen LogP contribution in [0.15, 0.2) is 53.3 Å². The molecule has 24 heavy (non-hydrogen) atoms. The van der Waals surface area contributed by atoms with Gasteiger partial charge in [-0.3, -0.25) is 4.79 Å². The van der Waals surface area contributed by atoms with Gasteiger partial charge in [-0.15, -0.1) is 0 Å². The van der Waals surface area contributed by atoms with Crippen LogP contribution in [0.1, 0.15) is 27.4 Å². The molecule has 0 spiro atoms. The van der Waals surface area contributed by atoms with Crippen LogP contribution in [0.4, 0.5) is 11.6 Å². The number of furan rings is 1. The highest BCUT2D eigenvalue weighted by molar-refractivity contribution is 6.03. The first kappa shape index (κ1) is 15.7. The Morgan fingerprint density at radius 2 is 2.04 bits per heavy atom.